The van der Waals surface area contributed by atoms with Crippen LogP contribution in [-0.2, 0) is 4.79 Å². The molecule has 5 nitrogen and oxygen atoms in total. The number of piperazine rings is 1. The largest absolute Gasteiger partial charge is 0.471 e. The van der Waals surface area contributed by atoms with Crippen molar-refractivity contribution in [2.24, 2.45) is 0 Å². The molecule has 1 atom stereocenters. The Morgan fingerprint density at radius 1 is 1.35 bits per heavy atom. The van der Waals surface area contributed by atoms with E-state index in [-0.39, 0.29) is 26.1 Å². The number of alkyl halides is 3. The highest BCUT2D eigenvalue weighted by Gasteiger charge is 2.46. The fourth-order valence-corrected chi connectivity index (χ4v) is 1.81. The van der Waals surface area contributed by atoms with Crippen molar-refractivity contribution in [3.05, 3.63) is 0 Å². The molecule has 1 N–H and O–H groups in total. The average molecular weight is 254 g/mol. The zero-order valence-corrected chi connectivity index (χ0v) is 9.20. The number of amides is 2. The first kappa shape index (κ1) is 13.6. The molecule has 0 aromatic carbocycles. The van der Waals surface area contributed by atoms with Crippen LogP contribution < -0.4 is 0 Å². The maximum absolute atomic E-state index is 12.3. The van der Waals surface area contributed by atoms with Crippen molar-refractivity contribution in [1.29, 1.82) is 0 Å². The van der Waals surface area contributed by atoms with E-state index in [0.29, 0.717) is 4.90 Å². The van der Waals surface area contributed by atoms with E-state index >= 15 is 0 Å². The first-order chi connectivity index (χ1) is 7.77. The van der Waals surface area contributed by atoms with Gasteiger partial charge in [-0.25, -0.2) is 4.79 Å². The summed E-state index contributed by atoms with van der Waals surface area (Å²) in [4.78, 5) is 23.5. The lowest BCUT2D eigenvalue weighted by atomic mass is 10.1. The highest BCUT2D eigenvalue weighted by Crippen LogP contribution is 2.23. The molecule has 17 heavy (non-hydrogen) atoms. The molecule has 1 aliphatic rings. The Balaban J connectivity index is 2.76. The van der Waals surface area contributed by atoms with Gasteiger partial charge in [-0.15, -0.1) is 0 Å². The number of carboxylic acid groups (broad SMARTS) is 1. The van der Waals surface area contributed by atoms with Crippen LogP contribution in [0.2, 0.25) is 0 Å². The maximum atomic E-state index is 12.3. The summed E-state index contributed by atoms with van der Waals surface area (Å²) >= 11 is 0. The Bertz CT molecular complexity index is 319. The fourth-order valence-electron chi connectivity index (χ4n) is 1.81. The molecule has 0 spiro atoms. The molecule has 98 valence electrons. The van der Waals surface area contributed by atoms with Crippen molar-refractivity contribution in [1.82, 2.24) is 9.80 Å². The quantitative estimate of drug-likeness (QED) is 0.763. The molecule has 1 unspecified atom stereocenters. The second kappa shape index (κ2) is 4.80. The standard InChI is InChI=1S/C9H13F3N2O3/c1-2-6-5-13(8(16)17)3-4-14(6)7(15)9(10,11)12/h6H,2-5H2,1H3,(H,16,17). The third-order valence-corrected chi connectivity index (χ3v) is 2.73. The van der Waals surface area contributed by atoms with Gasteiger partial charge in [-0.1, -0.05) is 6.92 Å². The van der Waals surface area contributed by atoms with Gasteiger partial charge in [-0.3, -0.25) is 4.79 Å². The minimum Gasteiger partial charge on any atom is -0.465 e. The highest BCUT2D eigenvalue weighted by atomic mass is 19.4. The van der Waals surface area contributed by atoms with Crippen LogP contribution in [0.1, 0.15) is 13.3 Å². The monoisotopic (exact) mass is 254 g/mol. The number of carbonyl (C=O) groups excluding carboxylic acids is 1. The Kier molecular flexibility index (Phi) is 3.84. The van der Waals surface area contributed by atoms with E-state index in [2.05, 4.69) is 0 Å². The van der Waals surface area contributed by atoms with Gasteiger partial charge in [0.05, 0.1) is 0 Å². The Labute approximate surface area is 95.8 Å². The van der Waals surface area contributed by atoms with Crippen molar-refractivity contribution in [2.45, 2.75) is 25.6 Å². The lowest BCUT2D eigenvalue weighted by molar-refractivity contribution is -0.189. The third kappa shape index (κ3) is 3.01. The number of hydrogen-bond donors (Lipinski definition) is 1. The predicted octanol–water partition coefficient (Wildman–Crippen LogP) is 1.15. The van der Waals surface area contributed by atoms with Gasteiger partial charge in [0, 0.05) is 25.7 Å². The summed E-state index contributed by atoms with van der Waals surface area (Å²) in [5, 5.41) is 8.74. The molecule has 0 aliphatic carbocycles. The number of carbonyl (C=O) groups is 2. The molecule has 1 rings (SSSR count). The molecular weight excluding hydrogens is 241 g/mol. The van der Waals surface area contributed by atoms with Crippen LogP contribution in [0.5, 0.6) is 0 Å². The molecule has 1 aliphatic heterocycles. The normalized spacial score (nSPS) is 21.5. The van der Waals surface area contributed by atoms with E-state index < -0.39 is 24.2 Å². The van der Waals surface area contributed by atoms with Crippen LogP contribution in [0.25, 0.3) is 0 Å². The zero-order chi connectivity index (χ0) is 13.2. The third-order valence-electron chi connectivity index (χ3n) is 2.73. The molecule has 0 bridgehead atoms. The van der Waals surface area contributed by atoms with Gasteiger partial charge in [-0.05, 0) is 6.42 Å². The van der Waals surface area contributed by atoms with Crippen LogP contribution in [-0.4, -0.2) is 58.8 Å². The van der Waals surface area contributed by atoms with Crippen LogP contribution in [0.4, 0.5) is 18.0 Å². The highest BCUT2D eigenvalue weighted by molar-refractivity contribution is 5.82. The van der Waals surface area contributed by atoms with Crippen LogP contribution in [0.15, 0.2) is 0 Å². The van der Waals surface area contributed by atoms with Crippen LogP contribution in [0.3, 0.4) is 0 Å². The molecule has 1 saturated heterocycles. The molecule has 1 heterocycles. The second-order valence-corrected chi connectivity index (χ2v) is 3.79. The number of rotatable bonds is 1. The molecule has 0 aromatic heterocycles. The van der Waals surface area contributed by atoms with Crippen LogP contribution >= 0.6 is 0 Å². The SMILES string of the molecule is CCC1CN(C(=O)O)CCN1C(=O)C(F)(F)F. The van der Waals surface area contributed by atoms with Crippen molar-refractivity contribution in [3.8, 4) is 0 Å². The van der Waals surface area contributed by atoms with Gasteiger partial charge >= 0.3 is 18.2 Å². The summed E-state index contributed by atoms with van der Waals surface area (Å²) in [6.45, 7) is 1.23. The van der Waals surface area contributed by atoms with Crippen molar-refractivity contribution < 1.29 is 27.9 Å². The topological polar surface area (TPSA) is 60.9 Å². The fraction of sp³-hybridized carbons (Fsp3) is 0.778. The first-order valence-corrected chi connectivity index (χ1v) is 5.13. The Morgan fingerprint density at radius 3 is 2.35 bits per heavy atom. The van der Waals surface area contributed by atoms with E-state index in [4.69, 9.17) is 5.11 Å². The molecule has 0 aromatic rings. The predicted molar refractivity (Wildman–Crippen MR) is 51.4 cm³/mol. The smallest absolute Gasteiger partial charge is 0.465 e. The van der Waals surface area contributed by atoms with Gasteiger partial charge in [0.1, 0.15) is 0 Å². The van der Waals surface area contributed by atoms with Gasteiger partial charge in [0.2, 0.25) is 0 Å². The molecule has 8 heteroatoms. The van der Waals surface area contributed by atoms with E-state index in [1.165, 1.54) is 0 Å². The number of hydrogen-bond acceptors (Lipinski definition) is 2. The van der Waals surface area contributed by atoms with E-state index in [1.807, 2.05) is 0 Å². The molecule has 2 amide bonds. The minimum absolute atomic E-state index is 0.0757. The average Bonchev–Trinajstić information content (AvgIpc) is 2.25. The second-order valence-electron chi connectivity index (χ2n) is 3.79. The summed E-state index contributed by atoms with van der Waals surface area (Å²) in [5.74, 6) is -1.89. The molecule has 0 saturated carbocycles. The zero-order valence-electron chi connectivity index (χ0n) is 9.20. The van der Waals surface area contributed by atoms with Gasteiger partial charge < -0.3 is 14.9 Å². The molecule has 1 fully saturated rings. The van der Waals surface area contributed by atoms with E-state index in [1.54, 1.807) is 6.92 Å². The summed E-state index contributed by atoms with van der Waals surface area (Å²) in [6, 6.07) is -0.714. The number of nitrogens with zero attached hydrogens (tertiary/aromatic N) is 2. The maximum Gasteiger partial charge on any atom is 0.471 e. The van der Waals surface area contributed by atoms with Crippen molar-refractivity contribution >= 4 is 12.0 Å². The van der Waals surface area contributed by atoms with Gasteiger partial charge in [0.15, 0.2) is 0 Å². The van der Waals surface area contributed by atoms with E-state index in [9.17, 15) is 22.8 Å². The summed E-state index contributed by atoms with van der Waals surface area (Å²) in [6.07, 6.45) is -5.80. The Morgan fingerprint density at radius 2 is 1.94 bits per heavy atom. The lowest BCUT2D eigenvalue weighted by Crippen LogP contribution is -2.58. The van der Waals surface area contributed by atoms with Gasteiger partial charge in [0.25, 0.3) is 0 Å². The lowest BCUT2D eigenvalue weighted by Gasteiger charge is -2.40. The van der Waals surface area contributed by atoms with E-state index in [0.717, 1.165) is 4.90 Å². The number of halogens is 3. The van der Waals surface area contributed by atoms with Crippen molar-refractivity contribution in [3.63, 3.8) is 0 Å². The molecule has 0 radical (unpaired) electrons. The Hall–Kier alpha value is -1.47. The molecular formula is C9H13F3N2O3. The minimum atomic E-state index is -4.90. The van der Waals surface area contributed by atoms with Crippen molar-refractivity contribution in [2.75, 3.05) is 19.6 Å². The first-order valence-electron chi connectivity index (χ1n) is 5.13. The summed E-state index contributed by atoms with van der Waals surface area (Å²) in [5.41, 5.74) is 0. The van der Waals surface area contributed by atoms with Gasteiger partial charge in [-0.2, -0.15) is 13.2 Å². The summed E-state index contributed by atoms with van der Waals surface area (Å²) < 4.78 is 36.8. The summed E-state index contributed by atoms with van der Waals surface area (Å²) in [7, 11) is 0. The van der Waals surface area contributed by atoms with Crippen LogP contribution in [0, 0.1) is 0 Å².